The Balaban J connectivity index is 1.39. The van der Waals surface area contributed by atoms with E-state index in [4.69, 9.17) is 11.6 Å². The quantitative estimate of drug-likeness (QED) is 0.664. The second-order valence-corrected chi connectivity index (χ2v) is 7.52. The van der Waals surface area contributed by atoms with Crippen molar-refractivity contribution in [1.82, 2.24) is 4.90 Å². The maximum Gasteiger partial charge on any atom is 0.233 e. The summed E-state index contributed by atoms with van der Waals surface area (Å²) in [4.78, 5) is 38.7. The van der Waals surface area contributed by atoms with Crippen LogP contribution in [0.1, 0.15) is 18.4 Å². The van der Waals surface area contributed by atoms with Gasteiger partial charge in [0.25, 0.3) is 0 Å². The molecule has 1 heterocycles. The van der Waals surface area contributed by atoms with E-state index in [0.29, 0.717) is 10.7 Å². The van der Waals surface area contributed by atoms with E-state index >= 15 is 0 Å². The van der Waals surface area contributed by atoms with Gasteiger partial charge in [-0.1, -0.05) is 29.8 Å². The van der Waals surface area contributed by atoms with E-state index < -0.39 is 0 Å². The lowest BCUT2D eigenvalue weighted by atomic mass is 9.85. The first kappa shape index (κ1) is 16.3. The Morgan fingerprint density at radius 2 is 1.84 bits per heavy atom. The molecule has 1 saturated carbocycles. The van der Waals surface area contributed by atoms with Crippen molar-refractivity contribution in [2.45, 2.75) is 19.8 Å². The molecule has 1 aromatic rings. The molecule has 1 saturated heterocycles. The Bertz CT molecular complexity index is 774. The molecule has 1 N–H and O–H groups in total. The molecule has 3 aliphatic rings. The number of hydrogen-bond donors (Lipinski definition) is 1. The number of anilines is 1. The van der Waals surface area contributed by atoms with Gasteiger partial charge in [-0.3, -0.25) is 19.3 Å². The highest BCUT2D eigenvalue weighted by Crippen LogP contribution is 2.52. The third-order valence-electron chi connectivity index (χ3n) is 5.60. The number of amides is 3. The molecule has 2 bridgehead atoms. The molecule has 3 amide bonds. The summed E-state index contributed by atoms with van der Waals surface area (Å²) >= 11 is 5.95. The van der Waals surface area contributed by atoms with Gasteiger partial charge in [0.15, 0.2) is 0 Å². The zero-order valence-corrected chi connectivity index (χ0v) is 14.6. The minimum absolute atomic E-state index is 0.0889. The molecule has 2 fully saturated rings. The fraction of sp³-hybridized carbons (Fsp3) is 0.421. The molecule has 25 heavy (non-hydrogen) atoms. The van der Waals surface area contributed by atoms with Crippen LogP contribution < -0.4 is 5.32 Å². The van der Waals surface area contributed by atoms with E-state index in [1.165, 1.54) is 4.90 Å². The van der Waals surface area contributed by atoms with E-state index in [1.54, 1.807) is 12.1 Å². The second kappa shape index (κ2) is 5.99. The van der Waals surface area contributed by atoms with Gasteiger partial charge in [-0.2, -0.15) is 0 Å². The van der Waals surface area contributed by atoms with Crippen LogP contribution in [-0.4, -0.2) is 29.2 Å². The SMILES string of the molecule is Cc1ccc(Cl)cc1NC(=O)CCN1C(=O)[C@H]2[C@H](C1=O)[C@H]1C=C[C@H]2C1. The van der Waals surface area contributed by atoms with E-state index in [0.717, 1.165) is 12.0 Å². The highest BCUT2D eigenvalue weighted by molar-refractivity contribution is 6.31. The maximum absolute atomic E-state index is 12.6. The molecule has 0 unspecified atom stereocenters. The van der Waals surface area contributed by atoms with Gasteiger partial charge in [0, 0.05) is 23.7 Å². The molecule has 0 radical (unpaired) electrons. The molecule has 4 rings (SSSR count). The van der Waals surface area contributed by atoms with E-state index in [1.807, 2.05) is 13.0 Å². The van der Waals surface area contributed by atoms with Crippen molar-refractivity contribution in [3.63, 3.8) is 0 Å². The lowest BCUT2D eigenvalue weighted by molar-refractivity contribution is -0.140. The monoisotopic (exact) mass is 358 g/mol. The number of carbonyl (C=O) groups excluding carboxylic acids is 3. The number of likely N-dealkylation sites (tertiary alicyclic amines) is 1. The number of fused-ring (bicyclic) bond motifs is 5. The molecule has 5 nitrogen and oxygen atoms in total. The summed E-state index contributed by atoms with van der Waals surface area (Å²) in [7, 11) is 0. The van der Waals surface area contributed by atoms with Crippen LogP contribution in [0.25, 0.3) is 0 Å². The number of imide groups is 1. The number of nitrogens with one attached hydrogen (secondary N) is 1. The topological polar surface area (TPSA) is 66.5 Å². The lowest BCUT2D eigenvalue weighted by Gasteiger charge is -2.17. The number of nitrogens with zero attached hydrogens (tertiary/aromatic N) is 1. The molecule has 4 atom stereocenters. The number of aryl methyl sites for hydroxylation is 1. The molecular formula is C19H19ClN2O3. The first-order chi connectivity index (χ1) is 12.0. The smallest absolute Gasteiger partial charge is 0.233 e. The first-order valence-electron chi connectivity index (χ1n) is 8.55. The summed E-state index contributed by atoms with van der Waals surface area (Å²) in [6, 6.07) is 5.28. The van der Waals surface area contributed by atoms with Crippen LogP contribution in [0.5, 0.6) is 0 Å². The van der Waals surface area contributed by atoms with Crippen LogP contribution in [0, 0.1) is 30.6 Å². The van der Waals surface area contributed by atoms with Gasteiger partial charge in [0.05, 0.1) is 11.8 Å². The zero-order valence-electron chi connectivity index (χ0n) is 13.9. The average Bonchev–Trinajstić information content (AvgIpc) is 3.24. The molecule has 1 aliphatic heterocycles. The van der Waals surface area contributed by atoms with Gasteiger partial charge in [-0.15, -0.1) is 0 Å². The second-order valence-electron chi connectivity index (χ2n) is 7.09. The van der Waals surface area contributed by atoms with Gasteiger partial charge in [-0.25, -0.2) is 0 Å². The fourth-order valence-corrected chi connectivity index (χ4v) is 4.51. The van der Waals surface area contributed by atoms with Crippen molar-refractivity contribution in [3.05, 3.63) is 40.9 Å². The fourth-order valence-electron chi connectivity index (χ4n) is 4.34. The van der Waals surface area contributed by atoms with Crippen molar-refractivity contribution < 1.29 is 14.4 Å². The van der Waals surface area contributed by atoms with E-state index in [9.17, 15) is 14.4 Å². The van der Waals surface area contributed by atoms with Crippen molar-refractivity contribution >= 4 is 35.0 Å². The third kappa shape index (κ3) is 2.67. The molecule has 0 aromatic heterocycles. The highest BCUT2D eigenvalue weighted by Gasteiger charge is 2.58. The number of carbonyl (C=O) groups is 3. The van der Waals surface area contributed by atoms with Crippen LogP contribution in [0.2, 0.25) is 5.02 Å². The summed E-state index contributed by atoms with van der Waals surface area (Å²) < 4.78 is 0. The van der Waals surface area contributed by atoms with Crippen molar-refractivity contribution in [3.8, 4) is 0 Å². The summed E-state index contributed by atoms with van der Waals surface area (Å²) in [5, 5.41) is 3.34. The van der Waals surface area contributed by atoms with Gasteiger partial charge < -0.3 is 5.32 Å². The van der Waals surface area contributed by atoms with Crippen LogP contribution >= 0.6 is 11.6 Å². The Kier molecular flexibility index (Phi) is 3.91. The number of benzene rings is 1. The number of halogens is 1. The van der Waals surface area contributed by atoms with Gasteiger partial charge in [-0.05, 0) is 42.9 Å². The Morgan fingerprint density at radius 1 is 1.20 bits per heavy atom. The molecule has 0 spiro atoms. The van der Waals surface area contributed by atoms with Crippen LogP contribution in [0.4, 0.5) is 5.69 Å². The molecular weight excluding hydrogens is 340 g/mol. The van der Waals surface area contributed by atoms with Crippen LogP contribution in [-0.2, 0) is 14.4 Å². The van der Waals surface area contributed by atoms with E-state index in [2.05, 4.69) is 17.5 Å². The zero-order chi connectivity index (χ0) is 17.7. The largest absolute Gasteiger partial charge is 0.326 e. The molecule has 6 heteroatoms. The summed E-state index contributed by atoms with van der Waals surface area (Å²) in [5.74, 6) is -0.485. The third-order valence-corrected chi connectivity index (χ3v) is 5.83. The number of hydrogen-bond acceptors (Lipinski definition) is 3. The van der Waals surface area contributed by atoms with Crippen molar-refractivity contribution in [1.29, 1.82) is 0 Å². The Labute approximate surface area is 151 Å². The molecule has 2 aliphatic carbocycles. The highest BCUT2D eigenvalue weighted by atomic mass is 35.5. The van der Waals surface area contributed by atoms with Crippen molar-refractivity contribution in [2.75, 3.05) is 11.9 Å². The molecule has 1 aromatic carbocycles. The Morgan fingerprint density at radius 3 is 2.48 bits per heavy atom. The summed E-state index contributed by atoms with van der Waals surface area (Å²) in [6.45, 7) is 2.01. The van der Waals surface area contributed by atoms with Gasteiger partial charge >= 0.3 is 0 Å². The summed E-state index contributed by atoms with van der Waals surface area (Å²) in [5.41, 5.74) is 1.55. The minimum atomic E-state index is -0.232. The number of allylic oxidation sites excluding steroid dienone is 2. The normalized spacial score (nSPS) is 29.4. The van der Waals surface area contributed by atoms with Crippen molar-refractivity contribution in [2.24, 2.45) is 23.7 Å². The average molecular weight is 359 g/mol. The number of rotatable bonds is 4. The predicted octanol–water partition coefficient (Wildman–Crippen LogP) is 2.78. The standard InChI is InChI=1S/C19H19ClN2O3/c1-10-2-5-13(20)9-14(10)21-15(23)6-7-22-18(24)16-11-3-4-12(8-11)17(16)19(22)25/h2-5,9,11-12,16-17H,6-8H2,1H3,(H,21,23)/t11-,12-,16+,17+/m0/s1. The predicted molar refractivity (Wildman–Crippen MR) is 93.9 cm³/mol. The van der Waals surface area contributed by atoms with Crippen LogP contribution in [0.15, 0.2) is 30.4 Å². The molecule has 130 valence electrons. The minimum Gasteiger partial charge on any atom is -0.326 e. The Hall–Kier alpha value is -2.14. The van der Waals surface area contributed by atoms with Gasteiger partial charge in [0.2, 0.25) is 17.7 Å². The van der Waals surface area contributed by atoms with E-state index in [-0.39, 0.29) is 54.4 Å². The summed E-state index contributed by atoms with van der Waals surface area (Å²) in [6.07, 6.45) is 5.13. The first-order valence-corrected chi connectivity index (χ1v) is 8.93. The van der Waals surface area contributed by atoms with Crippen LogP contribution in [0.3, 0.4) is 0 Å². The maximum atomic E-state index is 12.6. The van der Waals surface area contributed by atoms with Gasteiger partial charge in [0.1, 0.15) is 0 Å². The lowest BCUT2D eigenvalue weighted by Crippen LogP contribution is -2.35.